The van der Waals surface area contributed by atoms with Crippen LogP contribution in [-0.4, -0.2) is 126 Å². The number of aliphatic carboxylic acids is 5. The predicted molar refractivity (Wildman–Crippen MR) is 182 cm³/mol. The van der Waals surface area contributed by atoms with Crippen LogP contribution in [0.2, 0.25) is 0 Å². The Kier molecular flexibility index (Phi) is 20.4. The Labute approximate surface area is 299 Å². The number of carboxylic acid groups (broad SMARTS) is 5. The zero-order valence-electron chi connectivity index (χ0n) is 27.8. The van der Waals surface area contributed by atoms with Crippen molar-refractivity contribution in [3.8, 4) is 0 Å². The first-order valence-electron chi connectivity index (χ1n) is 15.1. The summed E-state index contributed by atoms with van der Waals surface area (Å²) in [5.41, 5.74) is 21.8. The summed E-state index contributed by atoms with van der Waals surface area (Å²) in [6.45, 7) is 3.01. The molecule has 0 bridgehead atoms. The summed E-state index contributed by atoms with van der Waals surface area (Å²) in [6, 6.07) is -6.15. The van der Waals surface area contributed by atoms with E-state index in [2.05, 4.69) is 15.6 Å². The van der Waals surface area contributed by atoms with Crippen LogP contribution in [0.3, 0.4) is 0 Å². The lowest BCUT2D eigenvalue weighted by molar-refractivity contribution is -0.145. The fourth-order valence-electron chi connectivity index (χ4n) is 4.16. The molecule has 0 aliphatic rings. The van der Waals surface area contributed by atoms with Crippen molar-refractivity contribution in [2.24, 2.45) is 39.8 Å². The van der Waals surface area contributed by atoms with E-state index in [9.17, 15) is 63.6 Å². The summed E-state index contributed by atoms with van der Waals surface area (Å²) in [5.74, 6) is -15.2. The monoisotopic (exact) mass is 767 g/mol. The third kappa shape index (κ3) is 18.9. The lowest BCUT2D eigenvalue weighted by atomic mass is 9.91. The fourth-order valence-corrected chi connectivity index (χ4v) is 7.08. The zero-order chi connectivity index (χ0) is 39.6. The van der Waals surface area contributed by atoms with Gasteiger partial charge in [0.15, 0.2) is 17.5 Å². The van der Waals surface area contributed by atoms with E-state index >= 15 is 0 Å². The number of Topliss-reactive ketones (excluding diaryl/α,β-unsaturated/α-hetero) is 2. The van der Waals surface area contributed by atoms with E-state index in [-0.39, 0.29) is 31.1 Å². The number of guanidine groups is 1. The maximum absolute atomic E-state index is 13.3. The molecule has 23 heteroatoms. The highest BCUT2D eigenvalue weighted by Crippen LogP contribution is 2.39. The summed E-state index contributed by atoms with van der Waals surface area (Å²) in [5, 5.41) is 51.0. The summed E-state index contributed by atoms with van der Waals surface area (Å²) in [4.78, 5) is 113. The van der Waals surface area contributed by atoms with Gasteiger partial charge in [-0.3, -0.25) is 48.1 Å². The highest BCUT2D eigenvalue weighted by molar-refractivity contribution is 8.77. The number of nitrogens with zero attached hydrogens (tertiary/aromatic N) is 1. The van der Waals surface area contributed by atoms with E-state index in [0.29, 0.717) is 0 Å². The van der Waals surface area contributed by atoms with Gasteiger partial charge in [0.05, 0.1) is 49.2 Å². The van der Waals surface area contributed by atoms with Crippen molar-refractivity contribution in [2.75, 3.05) is 12.3 Å². The van der Waals surface area contributed by atoms with Gasteiger partial charge in [-0.15, -0.1) is 0 Å². The lowest BCUT2D eigenvalue weighted by Gasteiger charge is -2.27. The molecule has 0 saturated carbocycles. The molecule has 6 unspecified atom stereocenters. The normalized spacial score (nSPS) is 14.7. The van der Waals surface area contributed by atoms with Gasteiger partial charge in [-0.05, 0) is 26.7 Å². The average molecular weight is 768 g/mol. The molecule has 0 rings (SSSR count). The Morgan fingerprint density at radius 2 is 1.20 bits per heavy atom. The number of carboxylic acids is 5. The van der Waals surface area contributed by atoms with Crippen molar-refractivity contribution in [3.05, 3.63) is 0 Å². The molecule has 0 spiro atoms. The van der Waals surface area contributed by atoms with Crippen molar-refractivity contribution in [3.63, 3.8) is 0 Å². The molecule has 0 aromatic heterocycles. The van der Waals surface area contributed by atoms with Crippen molar-refractivity contribution in [1.82, 2.24) is 10.6 Å². The van der Waals surface area contributed by atoms with E-state index in [4.69, 9.17) is 28.0 Å². The van der Waals surface area contributed by atoms with Crippen LogP contribution in [0.15, 0.2) is 4.99 Å². The van der Waals surface area contributed by atoms with Gasteiger partial charge in [0, 0.05) is 29.9 Å². The van der Waals surface area contributed by atoms with Gasteiger partial charge in [-0.1, -0.05) is 21.6 Å². The van der Waals surface area contributed by atoms with Crippen molar-refractivity contribution in [1.29, 1.82) is 0 Å². The van der Waals surface area contributed by atoms with Crippen molar-refractivity contribution in [2.45, 2.75) is 87.7 Å². The van der Waals surface area contributed by atoms with Crippen molar-refractivity contribution >= 4 is 80.8 Å². The average Bonchev–Trinajstić information content (AvgIpc) is 2.99. The molecule has 21 nitrogen and oxygen atoms in total. The number of ketones is 2. The predicted octanol–water partition coefficient (Wildman–Crippen LogP) is -2.43. The third-order valence-corrected chi connectivity index (χ3v) is 10.5. The Balaban J connectivity index is 6.04. The van der Waals surface area contributed by atoms with Gasteiger partial charge >= 0.3 is 29.8 Å². The maximum Gasteiger partial charge on any atom is 0.321 e. The molecule has 288 valence electrons. The zero-order valence-corrected chi connectivity index (χ0v) is 29.4. The van der Waals surface area contributed by atoms with Crippen molar-refractivity contribution < 1.29 is 68.7 Å². The molecule has 0 radical (unpaired) electrons. The first-order valence-corrected chi connectivity index (χ1v) is 17.4. The van der Waals surface area contributed by atoms with Crippen LogP contribution in [0.1, 0.15) is 58.8 Å². The number of amides is 2. The van der Waals surface area contributed by atoms with E-state index in [1.54, 1.807) is 0 Å². The minimum atomic E-state index is -1.85. The molecule has 0 aromatic rings. The summed E-state index contributed by atoms with van der Waals surface area (Å²) in [6.07, 6.45) is -4.52. The van der Waals surface area contributed by atoms with Crippen LogP contribution in [0.5, 0.6) is 0 Å². The molecule has 0 heterocycles. The van der Waals surface area contributed by atoms with Gasteiger partial charge in [0.1, 0.15) is 6.04 Å². The standard InChI is InChI=1S/C28H45N7O14S2/c1-28(2,22(30)26(48)49)51-50-11-13(25(46)47)7-18(37)16(10-21(42)43)35-23(44)12(8-19(38)39)6-17(36)15(4-3-5-33-27(31)32)34-24(45)14(29)9-20(40)41/h12-16,22H,3-11,29-30H2,1-2H3,(H,34,45)(H,35,44)(H,38,39)(H,40,41)(H,42,43)(H,46,47)(H,48,49)(H4,31,32,33). The van der Waals surface area contributed by atoms with Crippen LogP contribution in [0.25, 0.3) is 0 Å². The highest BCUT2D eigenvalue weighted by atomic mass is 33.1. The summed E-state index contributed by atoms with van der Waals surface area (Å²) < 4.78 is -1.06. The highest BCUT2D eigenvalue weighted by Gasteiger charge is 2.36. The third-order valence-electron chi connectivity index (χ3n) is 7.06. The summed E-state index contributed by atoms with van der Waals surface area (Å²) >= 11 is 0. The molecule has 0 aromatic carbocycles. The molecule has 0 aliphatic carbocycles. The van der Waals surface area contributed by atoms with Gasteiger partial charge in [-0.2, -0.15) is 0 Å². The molecular weight excluding hydrogens is 722 g/mol. The number of carbonyl (C=O) groups excluding carboxylic acids is 4. The van der Waals surface area contributed by atoms with E-state index in [1.807, 2.05) is 0 Å². The minimum Gasteiger partial charge on any atom is -0.481 e. The second-order valence-corrected chi connectivity index (χ2v) is 14.8. The second kappa shape index (κ2) is 22.4. The molecule has 2 amide bonds. The second-order valence-electron chi connectivity index (χ2n) is 11.8. The smallest absolute Gasteiger partial charge is 0.321 e. The molecule has 0 aliphatic heterocycles. The van der Waals surface area contributed by atoms with Gasteiger partial charge in [-0.25, -0.2) is 0 Å². The Morgan fingerprint density at radius 1 is 0.686 bits per heavy atom. The molecule has 51 heavy (non-hydrogen) atoms. The fraction of sp³-hybridized carbons (Fsp3) is 0.643. The molecular formula is C28H45N7O14S2. The number of rotatable bonds is 27. The number of nitrogens with two attached hydrogens (primary N) is 4. The van der Waals surface area contributed by atoms with E-state index in [0.717, 1.165) is 21.6 Å². The Hall–Kier alpha value is -4.48. The van der Waals surface area contributed by atoms with Crippen LogP contribution in [0, 0.1) is 11.8 Å². The molecule has 0 fully saturated rings. The summed E-state index contributed by atoms with van der Waals surface area (Å²) in [7, 11) is 1.87. The lowest BCUT2D eigenvalue weighted by Crippen LogP contribution is -2.50. The van der Waals surface area contributed by atoms with E-state index < -0.39 is 126 Å². The molecule has 15 N–H and O–H groups in total. The topological polar surface area (TPSA) is 395 Å². The van der Waals surface area contributed by atoms with Gasteiger partial charge < -0.3 is 59.1 Å². The maximum atomic E-state index is 13.3. The van der Waals surface area contributed by atoms with Crippen LogP contribution in [0.4, 0.5) is 0 Å². The van der Waals surface area contributed by atoms with Crippen LogP contribution in [-0.2, 0) is 43.2 Å². The van der Waals surface area contributed by atoms with Gasteiger partial charge in [0.2, 0.25) is 11.8 Å². The minimum absolute atomic E-state index is 0.0106. The number of hydrogen-bond acceptors (Lipinski definition) is 14. The number of nitrogens with one attached hydrogen (secondary N) is 2. The largest absolute Gasteiger partial charge is 0.481 e. The number of hydrogen-bond donors (Lipinski definition) is 11. The SMILES string of the molecule is CC(C)(SSCC(CC(=O)C(CC(=O)O)NC(=O)C(CC(=O)O)CC(=O)C(CCCN=C(N)N)NC(=O)C(N)CC(=O)O)C(=O)O)C(N)C(=O)O. The first-order chi connectivity index (χ1) is 23.5. The Morgan fingerprint density at radius 3 is 1.69 bits per heavy atom. The molecule has 6 atom stereocenters. The number of carbonyl (C=O) groups is 9. The van der Waals surface area contributed by atoms with Crippen LogP contribution < -0.4 is 33.6 Å². The molecule has 0 saturated heterocycles. The number of aliphatic imine (C=N–C) groups is 1. The van der Waals surface area contributed by atoms with Crippen LogP contribution >= 0.6 is 21.6 Å². The Bertz CT molecular complexity index is 1340. The first kappa shape index (κ1) is 46.5. The van der Waals surface area contributed by atoms with E-state index in [1.165, 1.54) is 13.8 Å². The van der Waals surface area contributed by atoms with Gasteiger partial charge in [0.25, 0.3) is 0 Å². The quantitative estimate of drug-likeness (QED) is 0.0179.